The van der Waals surface area contributed by atoms with E-state index in [1.165, 1.54) is 44.3 Å². The van der Waals surface area contributed by atoms with Crippen molar-refractivity contribution in [3.8, 4) is 0 Å². The minimum absolute atomic E-state index is 0.387. The topological polar surface area (TPSA) is 12.0 Å². The van der Waals surface area contributed by atoms with Crippen LogP contribution in [0.3, 0.4) is 0 Å². The second kappa shape index (κ2) is 4.44. The molecule has 0 aromatic rings. The van der Waals surface area contributed by atoms with E-state index in [2.05, 4.69) is 30.9 Å². The van der Waals surface area contributed by atoms with E-state index < -0.39 is 0 Å². The molecule has 2 fully saturated rings. The lowest BCUT2D eigenvalue weighted by atomic mass is 9.83. The molecule has 0 aromatic heterocycles. The van der Waals surface area contributed by atoms with E-state index in [-0.39, 0.29) is 0 Å². The molecular weight excluding hydrogens is 190 g/mol. The molecule has 0 bridgehead atoms. The highest BCUT2D eigenvalue weighted by molar-refractivity contribution is 8.00. The summed E-state index contributed by atoms with van der Waals surface area (Å²) in [5.74, 6) is 2.27. The van der Waals surface area contributed by atoms with Crippen LogP contribution in [-0.2, 0) is 0 Å². The monoisotopic (exact) mass is 213 g/mol. The summed E-state index contributed by atoms with van der Waals surface area (Å²) in [5, 5.41) is 3.83. The Bertz CT molecular complexity index is 189. The molecule has 82 valence electrons. The molecule has 0 spiro atoms. The zero-order chi connectivity index (χ0) is 10.0. The molecule has 0 aromatic carbocycles. The third kappa shape index (κ3) is 2.27. The summed E-state index contributed by atoms with van der Waals surface area (Å²) >= 11 is 2.16. The van der Waals surface area contributed by atoms with Gasteiger partial charge in [-0.25, -0.2) is 0 Å². The van der Waals surface area contributed by atoms with Crippen LogP contribution in [-0.4, -0.2) is 16.7 Å². The van der Waals surface area contributed by atoms with E-state index in [1.807, 2.05) is 0 Å². The normalized spacial score (nSPS) is 41.1. The lowest BCUT2D eigenvalue weighted by Crippen LogP contribution is -2.53. The lowest BCUT2D eigenvalue weighted by Gasteiger charge is -2.45. The minimum Gasteiger partial charge on any atom is -0.300 e. The first-order valence-corrected chi connectivity index (χ1v) is 7.11. The van der Waals surface area contributed by atoms with Gasteiger partial charge in [-0.15, -0.1) is 11.8 Å². The van der Waals surface area contributed by atoms with Gasteiger partial charge in [0.2, 0.25) is 0 Å². The predicted molar refractivity (Wildman–Crippen MR) is 64.7 cm³/mol. The van der Waals surface area contributed by atoms with Crippen molar-refractivity contribution in [1.29, 1.82) is 0 Å². The van der Waals surface area contributed by atoms with Crippen molar-refractivity contribution in [3.05, 3.63) is 0 Å². The molecule has 1 saturated carbocycles. The van der Waals surface area contributed by atoms with E-state index in [0.717, 1.165) is 12.0 Å². The van der Waals surface area contributed by atoms with Crippen molar-refractivity contribution in [3.63, 3.8) is 0 Å². The van der Waals surface area contributed by atoms with Gasteiger partial charge in [0.1, 0.15) is 0 Å². The molecule has 2 rings (SSSR count). The van der Waals surface area contributed by atoms with Crippen molar-refractivity contribution in [2.24, 2.45) is 5.92 Å². The van der Waals surface area contributed by atoms with Crippen molar-refractivity contribution in [2.45, 2.75) is 63.3 Å². The minimum atomic E-state index is 0.387. The number of thioether (sulfide) groups is 1. The first-order chi connectivity index (χ1) is 6.71. The van der Waals surface area contributed by atoms with Gasteiger partial charge in [0, 0.05) is 6.04 Å². The number of nitrogens with one attached hydrogen (secondary N) is 1. The van der Waals surface area contributed by atoms with Gasteiger partial charge in [-0.3, -0.25) is 0 Å². The highest BCUT2D eigenvalue weighted by atomic mass is 32.2. The standard InChI is InChI=1S/C12H23NS/c1-10-8-9-14-12(2,13-10)11-6-4-3-5-7-11/h10-11,13H,3-9H2,1-2H3. The van der Waals surface area contributed by atoms with Crippen LogP contribution in [0.25, 0.3) is 0 Å². The Morgan fingerprint density at radius 1 is 1.14 bits per heavy atom. The zero-order valence-corrected chi connectivity index (χ0v) is 10.3. The highest BCUT2D eigenvalue weighted by Gasteiger charge is 2.38. The summed E-state index contributed by atoms with van der Waals surface area (Å²) in [5.41, 5.74) is 0. The Labute approximate surface area is 92.4 Å². The Kier molecular flexibility index (Phi) is 3.43. The lowest BCUT2D eigenvalue weighted by molar-refractivity contribution is 0.234. The van der Waals surface area contributed by atoms with Gasteiger partial charge in [0.15, 0.2) is 0 Å². The van der Waals surface area contributed by atoms with Gasteiger partial charge >= 0.3 is 0 Å². The van der Waals surface area contributed by atoms with Crippen molar-refractivity contribution >= 4 is 11.8 Å². The van der Waals surface area contributed by atoms with E-state index in [0.29, 0.717) is 4.87 Å². The Morgan fingerprint density at radius 3 is 2.50 bits per heavy atom. The maximum absolute atomic E-state index is 3.83. The molecule has 14 heavy (non-hydrogen) atoms. The molecule has 2 aliphatic rings. The molecule has 1 saturated heterocycles. The summed E-state index contributed by atoms with van der Waals surface area (Å²) < 4.78 is 0. The third-order valence-electron chi connectivity index (χ3n) is 3.87. The van der Waals surface area contributed by atoms with Crippen LogP contribution in [0.15, 0.2) is 0 Å². The van der Waals surface area contributed by atoms with Gasteiger partial charge in [-0.2, -0.15) is 0 Å². The first-order valence-electron chi connectivity index (χ1n) is 6.12. The van der Waals surface area contributed by atoms with Crippen LogP contribution < -0.4 is 5.32 Å². The summed E-state index contributed by atoms with van der Waals surface area (Å²) in [6.07, 6.45) is 8.61. The fourth-order valence-electron chi connectivity index (χ4n) is 2.94. The van der Waals surface area contributed by atoms with E-state index >= 15 is 0 Å². The molecule has 1 nitrogen and oxygen atoms in total. The maximum atomic E-state index is 3.83. The maximum Gasteiger partial charge on any atom is 0.0647 e. The molecular formula is C12H23NS. The van der Waals surface area contributed by atoms with Gasteiger partial charge in [0.25, 0.3) is 0 Å². The first kappa shape index (κ1) is 10.8. The Hall–Kier alpha value is 0.310. The second-order valence-electron chi connectivity index (χ2n) is 5.12. The van der Waals surface area contributed by atoms with Gasteiger partial charge in [0.05, 0.1) is 4.87 Å². The average molecular weight is 213 g/mol. The molecule has 0 amide bonds. The van der Waals surface area contributed by atoms with Crippen LogP contribution in [0.4, 0.5) is 0 Å². The van der Waals surface area contributed by atoms with E-state index in [9.17, 15) is 0 Å². The van der Waals surface area contributed by atoms with E-state index in [4.69, 9.17) is 0 Å². The molecule has 2 unspecified atom stereocenters. The quantitative estimate of drug-likeness (QED) is 0.716. The van der Waals surface area contributed by atoms with Crippen LogP contribution in [0.2, 0.25) is 0 Å². The van der Waals surface area contributed by atoms with Gasteiger partial charge in [-0.1, -0.05) is 19.3 Å². The number of rotatable bonds is 1. The largest absolute Gasteiger partial charge is 0.300 e. The zero-order valence-electron chi connectivity index (χ0n) is 9.51. The van der Waals surface area contributed by atoms with Crippen molar-refractivity contribution in [2.75, 3.05) is 5.75 Å². The molecule has 1 N–H and O–H groups in total. The fraction of sp³-hybridized carbons (Fsp3) is 1.00. The summed E-state index contributed by atoms with van der Waals surface area (Å²) in [6, 6.07) is 0.725. The fourth-order valence-corrected chi connectivity index (χ4v) is 4.59. The SMILES string of the molecule is CC1CCSC(C)(C2CCCCC2)N1. The number of hydrogen-bond acceptors (Lipinski definition) is 2. The van der Waals surface area contributed by atoms with Crippen molar-refractivity contribution < 1.29 is 0 Å². The number of hydrogen-bond donors (Lipinski definition) is 1. The Morgan fingerprint density at radius 2 is 1.86 bits per heavy atom. The molecule has 1 aliphatic carbocycles. The highest BCUT2D eigenvalue weighted by Crippen LogP contribution is 2.42. The smallest absolute Gasteiger partial charge is 0.0647 e. The van der Waals surface area contributed by atoms with Crippen molar-refractivity contribution in [1.82, 2.24) is 5.32 Å². The second-order valence-corrected chi connectivity index (χ2v) is 6.67. The van der Waals surface area contributed by atoms with Crippen LogP contribution >= 0.6 is 11.8 Å². The summed E-state index contributed by atoms with van der Waals surface area (Å²) in [7, 11) is 0. The summed E-state index contributed by atoms with van der Waals surface area (Å²) in [6.45, 7) is 4.77. The molecule has 0 radical (unpaired) electrons. The molecule has 2 heteroatoms. The average Bonchev–Trinajstić information content (AvgIpc) is 2.19. The molecule has 2 atom stereocenters. The summed E-state index contributed by atoms with van der Waals surface area (Å²) in [4.78, 5) is 0.387. The molecule has 1 aliphatic heterocycles. The Balaban J connectivity index is 1.98. The molecule has 1 heterocycles. The predicted octanol–water partition coefficient (Wildman–Crippen LogP) is 3.40. The van der Waals surface area contributed by atoms with Crippen LogP contribution in [0.5, 0.6) is 0 Å². The van der Waals surface area contributed by atoms with Gasteiger partial charge < -0.3 is 5.32 Å². The van der Waals surface area contributed by atoms with Crippen LogP contribution in [0, 0.1) is 5.92 Å². The van der Waals surface area contributed by atoms with Crippen LogP contribution in [0.1, 0.15) is 52.4 Å². The third-order valence-corrected chi connectivity index (χ3v) is 5.36. The van der Waals surface area contributed by atoms with Gasteiger partial charge in [-0.05, 0) is 44.8 Å². The van der Waals surface area contributed by atoms with E-state index in [1.54, 1.807) is 0 Å².